The van der Waals surface area contributed by atoms with Gasteiger partial charge in [0.2, 0.25) is 0 Å². The zero-order valence-electron chi connectivity index (χ0n) is 7.47. The van der Waals surface area contributed by atoms with Crippen LogP contribution in [0, 0.1) is 10.5 Å². The molecule has 13 heavy (non-hydrogen) atoms. The lowest BCUT2D eigenvalue weighted by Crippen LogP contribution is -2.03. The van der Waals surface area contributed by atoms with Crippen molar-refractivity contribution in [2.45, 2.75) is 18.7 Å². The average molecular weight is 353 g/mol. The minimum absolute atomic E-state index is 0.144. The van der Waals surface area contributed by atoms with E-state index >= 15 is 0 Å². The van der Waals surface area contributed by atoms with E-state index in [1.54, 1.807) is 6.92 Å². The predicted molar refractivity (Wildman–Crippen MR) is 66.2 cm³/mol. The van der Waals surface area contributed by atoms with E-state index in [-0.39, 0.29) is 10.6 Å². The van der Waals surface area contributed by atoms with Crippen LogP contribution in [-0.2, 0) is 4.79 Å². The fraction of sp³-hybridized carbons (Fsp3) is 0.300. The van der Waals surface area contributed by atoms with Crippen molar-refractivity contribution in [1.82, 2.24) is 0 Å². The molecule has 3 heteroatoms. The van der Waals surface area contributed by atoms with Gasteiger partial charge in [-0.3, -0.25) is 4.79 Å². The third-order valence-electron chi connectivity index (χ3n) is 1.94. The zero-order valence-corrected chi connectivity index (χ0v) is 11.2. The van der Waals surface area contributed by atoms with Gasteiger partial charge in [-0.05, 0) is 53.6 Å². The van der Waals surface area contributed by atoms with Gasteiger partial charge in [0.15, 0.2) is 0 Å². The van der Waals surface area contributed by atoms with E-state index in [1.807, 2.05) is 25.1 Å². The summed E-state index contributed by atoms with van der Waals surface area (Å²) in [4.78, 5) is 11.0. The minimum atomic E-state index is -0.165. The molecule has 0 saturated heterocycles. The van der Waals surface area contributed by atoms with Gasteiger partial charge in [-0.2, -0.15) is 0 Å². The van der Waals surface area contributed by atoms with Crippen molar-refractivity contribution >= 4 is 44.3 Å². The second-order valence-electron chi connectivity index (χ2n) is 2.93. The number of ketones is 1. The fourth-order valence-electron chi connectivity index (χ4n) is 1.12. The van der Waals surface area contributed by atoms with Crippen LogP contribution in [-0.4, -0.2) is 5.78 Å². The molecular formula is C10H10BrIO. The smallest absolute Gasteiger partial charge is 0.147 e. The van der Waals surface area contributed by atoms with Crippen molar-refractivity contribution < 1.29 is 4.79 Å². The van der Waals surface area contributed by atoms with Crippen LogP contribution in [0.5, 0.6) is 0 Å². The lowest BCUT2D eigenvalue weighted by molar-refractivity contribution is -0.116. The van der Waals surface area contributed by atoms with Gasteiger partial charge in [-0.15, -0.1) is 0 Å². The van der Waals surface area contributed by atoms with Gasteiger partial charge < -0.3 is 0 Å². The second kappa shape index (κ2) is 4.55. The van der Waals surface area contributed by atoms with Gasteiger partial charge >= 0.3 is 0 Å². The molecule has 0 bridgehead atoms. The van der Waals surface area contributed by atoms with E-state index in [4.69, 9.17) is 0 Å². The summed E-state index contributed by atoms with van der Waals surface area (Å²) in [7, 11) is 0. The van der Waals surface area contributed by atoms with Crippen molar-refractivity contribution in [3.8, 4) is 0 Å². The van der Waals surface area contributed by atoms with Crippen molar-refractivity contribution in [3.05, 3.63) is 32.9 Å². The first-order chi connectivity index (χ1) is 6.04. The molecule has 1 aromatic carbocycles. The Balaban J connectivity index is 3.15. The van der Waals surface area contributed by atoms with Crippen LogP contribution < -0.4 is 0 Å². The molecule has 70 valence electrons. The number of benzene rings is 1. The van der Waals surface area contributed by atoms with Crippen LogP contribution in [0.15, 0.2) is 18.2 Å². The van der Waals surface area contributed by atoms with Crippen LogP contribution in [0.3, 0.4) is 0 Å². The minimum Gasteiger partial charge on any atom is -0.298 e. The average Bonchev–Trinajstić information content (AvgIpc) is 2.08. The van der Waals surface area contributed by atoms with Gasteiger partial charge in [0.1, 0.15) is 5.78 Å². The number of hydrogen-bond acceptors (Lipinski definition) is 1. The lowest BCUT2D eigenvalue weighted by Gasteiger charge is -2.10. The first kappa shape index (κ1) is 11.2. The molecule has 0 heterocycles. The quantitative estimate of drug-likeness (QED) is 0.586. The highest BCUT2D eigenvalue weighted by Gasteiger charge is 2.15. The second-order valence-corrected chi connectivity index (χ2v) is 5.01. The number of alkyl halides is 1. The molecule has 0 saturated carbocycles. The molecule has 0 amide bonds. The molecular weight excluding hydrogens is 343 g/mol. The van der Waals surface area contributed by atoms with Crippen molar-refractivity contribution in [1.29, 1.82) is 0 Å². The van der Waals surface area contributed by atoms with Crippen LogP contribution in [0.1, 0.15) is 22.9 Å². The summed E-state index contributed by atoms with van der Waals surface area (Å²) in [6, 6.07) is 6.00. The highest BCUT2D eigenvalue weighted by molar-refractivity contribution is 14.1. The Morgan fingerprint density at radius 3 is 2.69 bits per heavy atom. The number of halogens is 2. The molecule has 0 fully saturated rings. The van der Waals surface area contributed by atoms with Crippen molar-refractivity contribution in [2.75, 3.05) is 0 Å². The monoisotopic (exact) mass is 352 g/mol. The summed E-state index contributed by atoms with van der Waals surface area (Å²) in [6.45, 7) is 3.63. The number of hydrogen-bond donors (Lipinski definition) is 0. The predicted octanol–water partition coefficient (Wildman–Crippen LogP) is 3.62. The molecule has 0 aromatic heterocycles. The van der Waals surface area contributed by atoms with Crippen LogP contribution in [0.2, 0.25) is 0 Å². The van der Waals surface area contributed by atoms with Crippen LogP contribution in [0.25, 0.3) is 0 Å². The molecule has 1 aromatic rings. The molecule has 1 nitrogen and oxygen atoms in total. The van der Waals surface area contributed by atoms with E-state index in [0.29, 0.717) is 0 Å². The van der Waals surface area contributed by atoms with Crippen molar-refractivity contribution in [2.24, 2.45) is 0 Å². The Hall–Kier alpha value is 0.100. The Labute approximate surface area is 100 Å². The molecule has 1 rings (SSSR count). The first-order valence-electron chi connectivity index (χ1n) is 3.93. The topological polar surface area (TPSA) is 17.1 Å². The zero-order chi connectivity index (χ0) is 10.0. The van der Waals surface area contributed by atoms with Gasteiger partial charge in [-0.1, -0.05) is 28.1 Å². The Kier molecular flexibility index (Phi) is 3.91. The maximum Gasteiger partial charge on any atom is 0.147 e. The van der Waals surface area contributed by atoms with Crippen LogP contribution >= 0.6 is 38.5 Å². The summed E-state index contributed by atoms with van der Waals surface area (Å²) >= 11 is 5.66. The largest absolute Gasteiger partial charge is 0.298 e. The van der Waals surface area contributed by atoms with E-state index < -0.39 is 0 Å². The van der Waals surface area contributed by atoms with Gasteiger partial charge in [-0.25, -0.2) is 0 Å². The number of carbonyl (C=O) groups excluding carboxylic acids is 1. The third-order valence-corrected chi connectivity index (χ3v) is 4.25. The van der Waals surface area contributed by atoms with Gasteiger partial charge in [0, 0.05) is 3.57 Å². The number of Topliss-reactive ketones (excluding diaryl/α,β-unsaturated/α-hetero) is 1. The van der Waals surface area contributed by atoms with E-state index in [2.05, 4.69) is 38.5 Å². The SMILES string of the molecule is CC(=O)C(Br)c1cccc(I)c1C. The molecule has 0 aliphatic carbocycles. The summed E-state index contributed by atoms with van der Waals surface area (Å²) < 4.78 is 1.20. The van der Waals surface area contributed by atoms with E-state index in [9.17, 15) is 4.79 Å². The van der Waals surface area contributed by atoms with E-state index in [1.165, 1.54) is 9.13 Å². The van der Waals surface area contributed by atoms with Crippen LogP contribution in [0.4, 0.5) is 0 Å². The Bertz CT molecular complexity index is 336. The first-order valence-corrected chi connectivity index (χ1v) is 5.93. The molecule has 0 N–H and O–H groups in total. The highest BCUT2D eigenvalue weighted by Crippen LogP contribution is 2.28. The summed E-state index contributed by atoms with van der Waals surface area (Å²) in [5.41, 5.74) is 2.25. The molecule has 0 spiro atoms. The Morgan fingerprint density at radius 2 is 2.15 bits per heavy atom. The van der Waals surface area contributed by atoms with E-state index in [0.717, 1.165) is 5.56 Å². The fourth-order valence-corrected chi connectivity index (χ4v) is 2.13. The van der Waals surface area contributed by atoms with Gasteiger partial charge in [0.25, 0.3) is 0 Å². The lowest BCUT2D eigenvalue weighted by atomic mass is 10.0. The molecule has 1 atom stereocenters. The Morgan fingerprint density at radius 1 is 1.54 bits per heavy atom. The standard InChI is InChI=1S/C10H10BrIO/c1-6-8(10(11)7(2)13)4-3-5-9(6)12/h3-5,10H,1-2H3. The molecule has 0 aliphatic rings. The van der Waals surface area contributed by atoms with Crippen molar-refractivity contribution in [3.63, 3.8) is 0 Å². The molecule has 1 unspecified atom stereocenters. The summed E-state index contributed by atoms with van der Waals surface area (Å²) in [6.07, 6.45) is 0. The summed E-state index contributed by atoms with van der Waals surface area (Å²) in [5.74, 6) is 0.144. The number of carbonyl (C=O) groups is 1. The normalized spacial score (nSPS) is 12.6. The summed E-state index contributed by atoms with van der Waals surface area (Å²) in [5, 5.41) is 0. The highest BCUT2D eigenvalue weighted by atomic mass is 127. The number of rotatable bonds is 2. The third kappa shape index (κ3) is 2.53. The molecule has 0 radical (unpaired) electrons. The maximum atomic E-state index is 11.2. The molecule has 0 aliphatic heterocycles. The van der Waals surface area contributed by atoms with Gasteiger partial charge in [0.05, 0.1) is 4.83 Å². The maximum absolute atomic E-state index is 11.2.